The molecule has 0 radical (unpaired) electrons. The molecule has 0 unspecified atom stereocenters. The normalized spacial score (nSPS) is 13.6. The third-order valence-electron chi connectivity index (χ3n) is 5.59. The predicted molar refractivity (Wildman–Crippen MR) is 131 cm³/mol. The summed E-state index contributed by atoms with van der Waals surface area (Å²) in [6.45, 7) is 5.15. The summed E-state index contributed by atoms with van der Waals surface area (Å²) in [6.07, 6.45) is 5.91. The monoisotopic (exact) mass is 447 g/mol. The van der Waals surface area contributed by atoms with E-state index in [0.29, 0.717) is 13.2 Å². The molecule has 6 heteroatoms. The first kappa shape index (κ1) is 22.1. The number of para-hydroxylation sites is 2. The molecule has 0 spiro atoms. The van der Waals surface area contributed by atoms with E-state index in [-0.39, 0.29) is 5.91 Å². The summed E-state index contributed by atoms with van der Waals surface area (Å²) in [6, 6.07) is 16.1. The Morgan fingerprint density at radius 3 is 2.69 bits per heavy atom. The van der Waals surface area contributed by atoms with Crippen LogP contribution < -0.4 is 9.64 Å². The van der Waals surface area contributed by atoms with Crippen molar-refractivity contribution in [2.45, 2.75) is 32.9 Å². The average molecular weight is 448 g/mol. The Morgan fingerprint density at radius 1 is 1.16 bits per heavy atom. The lowest BCUT2D eigenvalue weighted by atomic mass is 10.1. The fourth-order valence-corrected chi connectivity index (χ4v) is 4.51. The van der Waals surface area contributed by atoms with Crippen LogP contribution >= 0.6 is 11.3 Å². The van der Waals surface area contributed by atoms with Crippen molar-refractivity contribution in [1.29, 1.82) is 0 Å². The average Bonchev–Trinajstić information content (AvgIpc) is 3.49. The van der Waals surface area contributed by atoms with Crippen LogP contribution in [0.5, 0.6) is 5.75 Å². The van der Waals surface area contributed by atoms with E-state index in [1.54, 1.807) is 22.3 Å². The first-order chi connectivity index (χ1) is 15.6. The van der Waals surface area contributed by atoms with Gasteiger partial charge in [0.05, 0.1) is 10.7 Å². The topological polar surface area (TPSA) is 45.7 Å². The van der Waals surface area contributed by atoms with Crippen LogP contribution in [0.25, 0.3) is 6.08 Å². The van der Waals surface area contributed by atoms with Crippen molar-refractivity contribution in [3.8, 4) is 5.75 Å². The van der Waals surface area contributed by atoms with E-state index in [4.69, 9.17) is 4.74 Å². The molecule has 1 aliphatic heterocycles. The predicted octanol–water partition coefficient (Wildman–Crippen LogP) is 5.30. The van der Waals surface area contributed by atoms with E-state index in [1.165, 1.54) is 24.1 Å². The number of rotatable bonds is 8. The third-order valence-corrected chi connectivity index (χ3v) is 6.41. The van der Waals surface area contributed by atoms with E-state index in [9.17, 15) is 4.79 Å². The summed E-state index contributed by atoms with van der Waals surface area (Å²) in [5.41, 5.74) is 4.21. The largest absolute Gasteiger partial charge is 0.487 e. The van der Waals surface area contributed by atoms with Gasteiger partial charge < -0.3 is 14.5 Å². The second-order valence-corrected chi connectivity index (χ2v) is 9.10. The molecule has 166 valence electrons. The van der Waals surface area contributed by atoms with Crippen molar-refractivity contribution in [1.82, 2.24) is 9.88 Å². The van der Waals surface area contributed by atoms with Crippen LogP contribution in [0.2, 0.25) is 0 Å². The fourth-order valence-electron chi connectivity index (χ4n) is 3.91. The number of nitrogens with zero attached hydrogens (tertiary/aromatic N) is 3. The van der Waals surface area contributed by atoms with Crippen LogP contribution in [0, 0.1) is 6.92 Å². The van der Waals surface area contributed by atoms with Gasteiger partial charge in [-0.05, 0) is 43.5 Å². The van der Waals surface area contributed by atoms with Crippen LogP contribution in [-0.2, 0) is 17.9 Å². The lowest BCUT2D eigenvalue weighted by Crippen LogP contribution is -2.26. The second kappa shape index (κ2) is 10.5. The smallest absolute Gasteiger partial charge is 0.246 e. The van der Waals surface area contributed by atoms with E-state index >= 15 is 0 Å². The van der Waals surface area contributed by atoms with Gasteiger partial charge in [0.2, 0.25) is 5.91 Å². The van der Waals surface area contributed by atoms with Gasteiger partial charge in [-0.15, -0.1) is 11.3 Å². The van der Waals surface area contributed by atoms with Gasteiger partial charge in [0.25, 0.3) is 0 Å². The summed E-state index contributed by atoms with van der Waals surface area (Å²) in [4.78, 5) is 21.4. The maximum atomic E-state index is 12.8. The van der Waals surface area contributed by atoms with Gasteiger partial charge in [-0.3, -0.25) is 4.79 Å². The molecule has 5 nitrogen and oxygen atoms in total. The maximum absolute atomic E-state index is 12.8. The van der Waals surface area contributed by atoms with Gasteiger partial charge in [0.15, 0.2) is 0 Å². The van der Waals surface area contributed by atoms with Crippen molar-refractivity contribution in [3.63, 3.8) is 0 Å². The number of benzene rings is 2. The summed E-state index contributed by atoms with van der Waals surface area (Å²) in [5, 5.41) is 3.03. The minimum Gasteiger partial charge on any atom is -0.487 e. The minimum atomic E-state index is -0.0360. The summed E-state index contributed by atoms with van der Waals surface area (Å²) >= 11 is 1.61. The lowest BCUT2D eigenvalue weighted by molar-refractivity contribution is -0.125. The van der Waals surface area contributed by atoms with Gasteiger partial charge in [-0.2, -0.15) is 0 Å². The van der Waals surface area contributed by atoms with Crippen molar-refractivity contribution >= 4 is 29.0 Å². The highest BCUT2D eigenvalue weighted by molar-refractivity contribution is 7.09. The van der Waals surface area contributed by atoms with E-state index < -0.39 is 0 Å². The minimum absolute atomic E-state index is 0.0360. The van der Waals surface area contributed by atoms with Crippen LogP contribution in [0.4, 0.5) is 5.69 Å². The Kier molecular flexibility index (Phi) is 7.22. The molecule has 1 aromatic heterocycles. The number of aromatic nitrogens is 1. The van der Waals surface area contributed by atoms with Crippen LogP contribution in [0.15, 0.2) is 60.0 Å². The zero-order valence-electron chi connectivity index (χ0n) is 18.7. The standard InChI is InChI=1S/C26H29N3O2S/c1-20-27-23(19-32-20)18-31-25-12-6-4-9-21(25)13-14-26(30)28(2)17-22-10-3-5-11-24(22)29-15-7-8-16-29/h3-6,9-14,19H,7-8,15-18H2,1-2H3/b14-13+. The van der Waals surface area contributed by atoms with E-state index in [0.717, 1.165) is 35.1 Å². The highest BCUT2D eigenvalue weighted by Gasteiger charge is 2.17. The molecule has 0 N–H and O–H groups in total. The first-order valence-electron chi connectivity index (χ1n) is 11.0. The number of amides is 1. The van der Waals surface area contributed by atoms with Crippen LogP contribution in [-0.4, -0.2) is 35.9 Å². The van der Waals surface area contributed by atoms with Crippen molar-refractivity contribution in [2.75, 3.05) is 25.0 Å². The molecule has 0 saturated carbocycles. The molecule has 1 aliphatic rings. The molecule has 32 heavy (non-hydrogen) atoms. The number of hydrogen-bond donors (Lipinski definition) is 0. The third kappa shape index (κ3) is 5.56. The fraction of sp³-hybridized carbons (Fsp3) is 0.308. The van der Waals surface area contributed by atoms with Crippen LogP contribution in [0.3, 0.4) is 0 Å². The molecule has 1 fully saturated rings. The van der Waals surface area contributed by atoms with Crippen molar-refractivity contribution in [3.05, 3.63) is 81.8 Å². The number of hydrogen-bond acceptors (Lipinski definition) is 5. The first-order valence-corrected chi connectivity index (χ1v) is 11.9. The molecule has 4 rings (SSSR count). The van der Waals surface area contributed by atoms with Crippen LogP contribution in [0.1, 0.15) is 34.7 Å². The Bertz CT molecular complexity index is 1090. The van der Waals surface area contributed by atoms with Gasteiger partial charge >= 0.3 is 0 Å². The van der Waals surface area contributed by atoms with Crippen molar-refractivity contribution < 1.29 is 9.53 Å². The number of thiazole rings is 1. The maximum Gasteiger partial charge on any atom is 0.246 e. The SMILES string of the molecule is Cc1nc(COc2ccccc2/C=C/C(=O)N(C)Cc2ccccc2N2CCCC2)cs1. The molecule has 1 saturated heterocycles. The molecule has 2 aromatic carbocycles. The number of aryl methyl sites for hydroxylation is 1. The number of likely N-dealkylation sites (N-methyl/N-ethyl adjacent to an activating group) is 1. The Balaban J connectivity index is 1.40. The number of anilines is 1. The van der Waals surface area contributed by atoms with Gasteiger partial charge in [-0.1, -0.05) is 36.4 Å². The van der Waals surface area contributed by atoms with E-state index in [2.05, 4.69) is 28.1 Å². The van der Waals surface area contributed by atoms with Crippen molar-refractivity contribution in [2.24, 2.45) is 0 Å². The molecule has 2 heterocycles. The Hall–Kier alpha value is -3.12. The molecule has 0 atom stereocenters. The molecular formula is C26H29N3O2S. The Morgan fingerprint density at radius 2 is 1.91 bits per heavy atom. The van der Waals surface area contributed by atoms with Gasteiger partial charge in [-0.25, -0.2) is 4.98 Å². The second-order valence-electron chi connectivity index (χ2n) is 8.03. The van der Waals surface area contributed by atoms with E-state index in [1.807, 2.05) is 55.8 Å². The summed E-state index contributed by atoms with van der Waals surface area (Å²) in [7, 11) is 1.85. The number of carbonyl (C=O) groups excluding carboxylic acids is 1. The number of ether oxygens (including phenoxy) is 1. The highest BCUT2D eigenvalue weighted by Crippen LogP contribution is 2.26. The molecular weight excluding hydrogens is 418 g/mol. The highest BCUT2D eigenvalue weighted by atomic mass is 32.1. The Labute approximate surface area is 194 Å². The molecule has 1 amide bonds. The molecule has 3 aromatic rings. The van der Waals surface area contributed by atoms with Gasteiger partial charge in [0.1, 0.15) is 12.4 Å². The zero-order chi connectivity index (χ0) is 22.3. The quantitative estimate of drug-likeness (QED) is 0.440. The molecule has 0 bridgehead atoms. The lowest BCUT2D eigenvalue weighted by Gasteiger charge is -2.24. The molecule has 0 aliphatic carbocycles. The summed E-state index contributed by atoms with van der Waals surface area (Å²) < 4.78 is 5.96. The van der Waals surface area contributed by atoms with Gasteiger partial charge in [0, 0.05) is 49.4 Å². The number of carbonyl (C=O) groups is 1. The zero-order valence-corrected chi connectivity index (χ0v) is 19.5. The summed E-state index contributed by atoms with van der Waals surface area (Å²) in [5.74, 6) is 0.704.